The molecule has 4 nitrogen and oxygen atoms in total. The second-order valence-electron chi connectivity index (χ2n) is 10.1. The van der Waals surface area contributed by atoms with Crippen molar-refractivity contribution in [1.82, 2.24) is 4.90 Å². The van der Waals surface area contributed by atoms with Crippen molar-refractivity contribution in [3.63, 3.8) is 0 Å². The van der Waals surface area contributed by atoms with Gasteiger partial charge in [0, 0.05) is 30.1 Å². The first-order valence-corrected chi connectivity index (χ1v) is 15.3. The number of rotatable bonds is 18. The number of unbranched alkanes of at least 4 members (excludes halogenated alkanes) is 11. The molecule has 37 heavy (non-hydrogen) atoms. The first kappa shape index (κ1) is 29.2. The minimum absolute atomic E-state index is 0.0822. The lowest BCUT2D eigenvalue weighted by Crippen LogP contribution is -2.18. The van der Waals surface area contributed by atoms with Gasteiger partial charge < -0.3 is 15.0 Å². The zero-order chi connectivity index (χ0) is 26.1. The highest BCUT2D eigenvalue weighted by atomic mass is 32.2. The monoisotopic (exact) mass is 522 g/mol. The average molecular weight is 523 g/mol. The van der Waals surface area contributed by atoms with Crippen molar-refractivity contribution in [3.05, 3.63) is 70.8 Å². The first-order chi connectivity index (χ1) is 18.2. The summed E-state index contributed by atoms with van der Waals surface area (Å²) in [6.45, 7) is 5.85. The molecule has 2 aromatic carbocycles. The molecule has 1 aliphatic heterocycles. The maximum atomic E-state index is 13.1. The molecular formula is C32H46N2O2S. The summed E-state index contributed by atoms with van der Waals surface area (Å²) in [5.74, 6) is 1.66. The van der Waals surface area contributed by atoms with Crippen LogP contribution in [0.25, 0.3) is 0 Å². The molecule has 1 aliphatic rings. The van der Waals surface area contributed by atoms with Gasteiger partial charge in [0.25, 0.3) is 5.91 Å². The number of nitrogens with one attached hydrogen (secondary N) is 1. The Kier molecular flexibility index (Phi) is 13.5. The zero-order valence-corrected chi connectivity index (χ0v) is 23.8. The van der Waals surface area contributed by atoms with Crippen molar-refractivity contribution in [2.45, 2.75) is 97.4 Å². The second kappa shape index (κ2) is 17.2. The van der Waals surface area contributed by atoms with Gasteiger partial charge in [-0.2, -0.15) is 0 Å². The topological polar surface area (TPSA) is 41.6 Å². The van der Waals surface area contributed by atoms with Crippen LogP contribution in [0.15, 0.2) is 59.6 Å². The van der Waals surface area contributed by atoms with Gasteiger partial charge in [0.15, 0.2) is 0 Å². The molecule has 3 rings (SSSR count). The van der Waals surface area contributed by atoms with Crippen LogP contribution in [0.1, 0.15) is 107 Å². The number of allylic oxidation sites excluding steroid dienone is 1. The molecule has 0 aliphatic carbocycles. The Morgan fingerprint density at radius 2 is 1.57 bits per heavy atom. The maximum Gasteiger partial charge on any atom is 0.256 e. The normalized spacial score (nSPS) is 13.0. The molecule has 0 radical (unpaired) electrons. The van der Waals surface area contributed by atoms with Crippen molar-refractivity contribution in [2.75, 3.05) is 17.8 Å². The molecule has 0 bridgehead atoms. The van der Waals surface area contributed by atoms with Crippen LogP contribution in [-0.4, -0.2) is 23.3 Å². The number of carbonyl (C=O) groups excluding carboxylic acids is 1. The summed E-state index contributed by atoms with van der Waals surface area (Å²) in [5.41, 5.74) is 2.51. The smallest absolute Gasteiger partial charge is 0.256 e. The third kappa shape index (κ3) is 11.3. The summed E-state index contributed by atoms with van der Waals surface area (Å²) >= 11 is 1.83. The highest BCUT2D eigenvalue weighted by molar-refractivity contribution is 8.03. The van der Waals surface area contributed by atoms with E-state index >= 15 is 0 Å². The average Bonchev–Trinajstić information content (AvgIpc) is 3.31. The van der Waals surface area contributed by atoms with Gasteiger partial charge in [-0.05, 0) is 42.0 Å². The number of nitrogens with zero attached hydrogens (tertiary/aromatic N) is 1. The van der Waals surface area contributed by atoms with Gasteiger partial charge in [-0.15, -0.1) is 11.8 Å². The molecule has 1 N–H and O–H groups in total. The molecule has 0 spiro atoms. The van der Waals surface area contributed by atoms with E-state index in [2.05, 4.69) is 30.3 Å². The molecule has 0 fully saturated rings. The van der Waals surface area contributed by atoms with Crippen LogP contribution >= 0.6 is 11.8 Å². The molecule has 0 saturated carbocycles. The van der Waals surface area contributed by atoms with Crippen molar-refractivity contribution >= 4 is 23.4 Å². The van der Waals surface area contributed by atoms with E-state index in [1.807, 2.05) is 60.3 Å². The zero-order valence-electron chi connectivity index (χ0n) is 23.0. The first-order valence-electron chi connectivity index (χ1n) is 14.3. The molecule has 1 heterocycles. The van der Waals surface area contributed by atoms with E-state index in [-0.39, 0.29) is 5.91 Å². The minimum atomic E-state index is -0.0822. The van der Waals surface area contributed by atoms with E-state index < -0.39 is 0 Å². The predicted molar refractivity (Wildman–Crippen MR) is 159 cm³/mol. The SMILES string of the molecule is CCCCCCCCCCCCCCOc1cccc(NC(=O)c2ccccc2CN2C=C(C)SC2)c1. The van der Waals surface area contributed by atoms with E-state index in [0.29, 0.717) is 5.56 Å². The standard InChI is InChI=1S/C32H46N2O2S/c1-3-4-5-6-7-8-9-10-11-12-13-16-22-36-30-20-17-19-29(23-30)33-32(35)31-21-15-14-18-28(31)25-34-24-27(2)37-26-34/h14-15,17-21,23-24H,3-13,16,22,25-26H2,1-2H3,(H,33,35). The van der Waals surface area contributed by atoms with Gasteiger partial charge in [0.05, 0.1) is 12.5 Å². The van der Waals surface area contributed by atoms with Gasteiger partial charge in [-0.1, -0.05) is 102 Å². The molecule has 2 aromatic rings. The molecule has 0 atom stereocenters. The largest absolute Gasteiger partial charge is 0.494 e. The van der Waals surface area contributed by atoms with Gasteiger partial charge in [0.1, 0.15) is 5.75 Å². The number of hydrogen-bond donors (Lipinski definition) is 1. The van der Waals surface area contributed by atoms with Crippen LogP contribution in [0.2, 0.25) is 0 Å². The Bertz CT molecular complexity index is 975. The van der Waals surface area contributed by atoms with Crippen LogP contribution in [0.3, 0.4) is 0 Å². The Balaban J connectivity index is 1.33. The molecule has 0 unspecified atom stereocenters. The van der Waals surface area contributed by atoms with Gasteiger partial charge in [-0.3, -0.25) is 4.79 Å². The molecule has 0 saturated heterocycles. The second-order valence-corrected chi connectivity index (χ2v) is 11.3. The van der Waals surface area contributed by atoms with E-state index in [1.54, 1.807) is 0 Å². The summed E-state index contributed by atoms with van der Waals surface area (Å²) in [5, 5.41) is 3.06. The lowest BCUT2D eigenvalue weighted by molar-refractivity contribution is 0.102. The predicted octanol–water partition coefficient (Wildman–Crippen LogP) is 9.39. The minimum Gasteiger partial charge on any atom is -0.494 e. The number of hydrogen-bond acceptors (Lipinski definition) is 4. The Labute approximate surface area is 229 Å². The molecule has 1 amide bonds. The Morgan fingerprint density at radius 3 is 2.24 bits per heavy atom. The Morgan fingerprint density at radius 1 is 0.892 bits per heavy atom. The highest BCUT2D eigenvalue weighted by Crippen LogP contribution is 2.27. The van der Waals surface area contributed by atoms with Crippen molar-refractivity contribution < 1.29 is 9.53 Å². The fraction of sp³-hybridized carbons (Fsp3) is 0.531. The summed E-state index contributed by atoms with van der Waals surface area (Å²) in [4.78, 5) is 16.6. The molecule has 0 aromatic heterocycles. The van der Waals surface area contributed by atoms with Crippen LogP contribution in [-0.2, 0) is 6.54 Å². The lowest BCUT2D eigenvalue weighted by atomic mass is 10.1. The van der Waals surface area contributed by atoms with E-state index in [9.17, 15) is 4.79 Å². The number of ether oxygens (including phenoxy) is 1. The third-order valence-corrected chi connectivity index (χ3v) is 7.84. The number of thioether (sulfide) groups is 1. The summed E-state index contributed by atoms with van der Waals surface area (Å²) in [6, 6.07) is 15.6. The summed E-state index contributed by atoms with van der Waals surface area (Å²) in [7, 11) is 0. The van der Waals surface area contributed by atoms with Crippen LogP contribution in [0.4, 0.5) is 5.69 Å². The molecular weight excluding hydrogens is 476 g/mol. The fourth-order valence-corrected chi connectivity index (χ4v) is 5.46. The maximum absolute atomic E-state index is 13.1. The van der Waals surface area contributed by atoms with Crippen molar-refractivity contribution in [3.8, 4) is 5.75 Å². The van der Waals surface area contributed by atoms with Crippen LogP contribution < -0.4 is 10.1 Å². The van der Waals surface area contributed by atoms with Crippen molar-refractivity contribution in [2.24, 2.45) is 0 Å². The van der Waals surface area contributed by atoms with E-state index in [0.717, 1.165) is 42.4 Å². The van der Waals surface area contributed by atoms with E-state index in [1.165, 1.54) is 75.5 Å². The number of benzene rings is 2. The van der Waals surface area contributed by atoms with Gasteiger partial charge in [-0.25, -0.2) is 0 Å². The fourth-order valence-electron chi connectivity index (χ4n) is 4.70. The Hall–Kier alpha value is -2.40. The number of carbonyl (C=O) groups is 1. The molecule has 5 heteroatoms. The lowest BCUT2D eigenvalue weighted by Gasteiger charge is -2.17. The summed E-state index contributed by atoms with van der Waals surface area (Å²) < 4.78 is 5.98. The number of anilines is 1. The molecule has 202 valence electrons. The highest BCUT2D eigenvalue weighted by Gasteiger charge is 2.16. The van der Waals surface area contributed by atoms with Crippen LogP contribution in [0, 0.1) is 0 Å². The quantitative estimate of drug-likeness (QED) is 0.198. The summed E-state index contributed by atoms with van der Waals surface area (Å²) in [6.07, 6.45) is 18.2. The third-order valence-electron chi connectivity index (χ3n) is 6.82. The van der Waals surface area contributed by atoms with Crippen LogP contribution in [0.5, 0.6) is 5.75 Å². The van der Waals surface area contributed by atoms with E-state index in [4.69, 9.17) is 4.74 Å². The van der Waals surface area contributed by atoms with Gasteiger partial charge >= 0.3 is 0 Å². The van der Waals surface area contributed by atoms with Crippen molar-refractivity contribution in [1.29, 1.82) is 0 Å². The van der Waals surface area contributed by atoms with Gasteiger partial charge in [0.2, 0.25) is 0 Å². The number of amides is 1.